The lowest BCUT2D eigenvalue weighted by atomic mass is 10.2. The lowest BCUT2D eigenvalue weighted by molar-refractivity contribution is -0.384. The van der Waals surface area contributed by atoms with Gasteiger partial charge in [0, 0.05) is 44.0 Å². The van der Waals surface area contributed by atoms with Gasteiger partial charge in [0.05, 0.1) is 17.1 Å². The quantitative estimate of drug-likeness (QED) is 0.397. The summed E-state index contributed by atoms with van der Waals surface area (Å²) in [7, 11) is 0. The van der Waals surface area contributed by atoms with E-state index in [0.717, 1.165) is 26.2 Å². The number of benzene rings is 2. The number of non-ortho nitro benzene ring substituents is 1. The van der Waals surface area contributed by atoms with E-state index in [1.165, 1.54) is 17.8 Å². The molecule has 0 amide bonds. The van der Waals surface area contributed by atoms with Crippen molar-refractivity contribution in [1.82, 2.24) is 9.47 Å². The number of anilines is 1. The molecule has 134 valence electrons. The molecule has 4 rings (SSSR count). The molecule has 2 heterocycles. The minimum absolute atomic E-state index is 0.0379. The van der Waals surface area contributed by atoms with E-state index in [1.807, 2.05) is 22.8 Å². The standard InChI is InChI=1S/C18H18N4O3S/c23-22(24)15-6-7-17-16(12-15)21(18(26)25-17)13-19-8-10-20(11-9-19)14-4-2-1-3-5-14/h1-7,12H,8-11,13H2. The minimum Gasteiger partial charge on any atom is -0.429 e. The summed E-state index contributed by atoms with van der Waals surface area (Å²) in [5.41, 5.74) is 2.50. The smallest absolute Gasteiger partial charge is 0.271 e. The first kappa shape index (κ1) is 16.7. The molecule has 1 fully saturated rings. The van der Waals surface area contributed by atoms with E-state index in [2.05, 4.69) is 21.9 Å². The molecule has 8 heteroatoms. The highest BCUT2D eigenvalue weighted by atomic mass is 32.1. The molecule has 26 heavy (non-hydrogen) atoms. The topological polar surface area (TPSA) is 67.7 Å². The number of piperazine rings is 1. The molecule has 0 atom stereocenters. The second-order valence-corrected chi connectivity index (χ2v) is 6.64. The lowest BCUT2D eigenvalue weighted by Crippen LogP contribution is -2.46. The van der Waals surface area contributed by atoms with Crippen LogP contribution in [0.2, 0.25) is 0 Å². The largest absolute Gasteiger partial charge is 0.429 e. The molecule has 3 aromatic rings. The van der Waals surface area contributed by atoms with Gasteiger partial charge >= 0.3 is 0 Å². The van der Waals surface area contributed by atoms with Crippen LogP contribution in [0.15, 0.2) is 52.9 Å². The number of hydrogen-bond acceptors (Lipinski definition) is 6. The molecule has 0 aliphatic carbocycles. The fourth-order valence-corrected chi connectivity index (χ4v) is 3.53. The summed E-state index contributed by atoms with van der Waals surface area (Å²) in [6, 6.07) is 14.9. The summed E-state index contributed by atoms with van der Waals surface area (Å²) in [5, 5.41) is 11.0. The highest BCUT2D eigenvalue weighted by Crippen LogP contribution is 2.24. The van der Waals surface area contributed by atoms with Crippen molar-refractivity contribution in [1.29, 1.82) is 0 Å². The average Bonchev–Trinajstić information content (AvgIpc) is 2.98. The molecule has 1 aliphatic rings. The number of nitro groups is 1. The van der Waals surface area contributed by atoms with E-state index in [4.69, 9.17) is 16.6 Å². The Morgan fingerprint density at radius 3 is 2.50 bits per heavy atom. The molecule has 0 N–H and O–H groups in total. The first-order valence-electron chi connectivity index (χ1n) is 8.42. The van der Waals surface area contributed by atoms with Crippen LogP contribution in [0.25, 0.3) is 11.1 Å². The second-order valence-electron chi connectivity index (χ2n) is 6.29. The second kappa shape index (κ2) is 6.89. The zero-order valence-corrected chi connectivity index (χ0v) is 14.9. The van der Waals surface area contributed by atoms with Crippen molar-refractivity contribution in [2.45, 2.75) is 6.67 Å². The van der Waals surface area contributed by atoms with Crippen LogP contribution in [0.3, 0.4) is 0 Å². The van der Waals surface area contributed by atoms with Gasteiger partial charge in [-0.1, -0.05) is 18.2 Å². The predicted octanol–water partition coefficient (Wildman–Crippen LogP) is 3.65. The summed E-state index contributed by atoms with van der Waals surface area (Å²) >= 11 is 5.32. The number of hydrogen-bond donors (Lipinski definition) is 0. The van der Waals surface area contributed by atoms with Crippen molar-refractivity contribution in [2.24, 2.45) is 0 Å². The van der Waals surface area contributed by atoms with Crippen LogP contribution >= 0.6 is 12.2 Å². The van der Waals surface area contributed by atoms with E-state index >= 15 is 0 Å². The Kier molecular flexibility index (Phi) is 4.44. The number of nitro benzene ring substituents is 1. The SMILES string of the molecule is O=[N+]([O-])c1ccc2oc(=S)n(CN3CCN(c4ccccc4)CC3)c2c1. The fourth-order valence-electron chi connectivity index (χ4n) is 3.28. The summed E-state index contributed by atoms with van der Waals surface area (Å²) in [4.78, 5) is 15.6. The van der Waals surface area contributed by atoms with E-state index < -0.39 is 4.92 Å². The van der Waals surface area contributed by atoms with Gasteiger partial charge in [-0.3, -0.25) is 19.6 Å². The van der Waals surface area contributed by atoms with Crippen LogP contribution in [0.5, 0.6) is 0 Å². The van der Waals surface area contributed by atoms with Gasteiger partial charge in [-0.2, -0.15) is 0 Å². The Bertz CT molecular complexity index is 991. The number of para-hydroxylation sites is 1. The molecule has 0 saturated carbocycles. The third-order valence-corrected chi connectivity index (χ3v) is 5.00. The van der Waals surface area contributed by atoms with E-state index in [-0.39, 0.29) is 5.69 Å². The Morgan fingerprint density at radius 2 is 1.81 bits per heavy atom. The fraction of sp³-hybridized carbons (Fsp3) is 0.278. The first-order valence-corrected chi connectivity index (χ1v) is 8.83. The van der Waals surface area contributed by atoms with Gasteiger partial charge < -0.3 is 9.32 Å². The molecule has 1 aliphatic heterocycles. The van der Waals surface area contributed by atoms with Crippen molar-refractivity contribution in [2.75, 3.05) is 31.1 Å². The zero-order valence-electron chi connectivity index (χ0n) is 14.1. The van der Waals surface area contributed by atoms with Crippen molar-refractivity contribution in [3.8, 4) is 0 Å². The molecule has 2 aromatic carbocycles. The van der Waals surface area contributed by atoms with E-state index in [1.54, 1.807) is 6.07 Å². The Balaban J connectivity index is 1.51. The maximum Gasteiger partial charge on any atom is 0.271 e. The summed E-state index contributed by atoms with van der Waals surface area (Å²) in [6.07, 6.45) is 0. The molecule has 0 spiro atoms. The van der Waals surface area contributed by atoms with Crippen LogP contribution in [0.1, 0.15) is 0 Å². The van der Waals surface area contributed by atoms with Crippen molar-refractivity contribution >= 4 is 34.7 Å². The molecule has 0 unspecified atom stereocenters. The van der Waals surface area contributed by atoms with Crippen LogP contribution < -0.4 is 4.90 Å². The van der Waals surface area contributed by atoms with Gasteiger partial charge in [-0.25, -0.2) is 0 Å². The maximum atomic E-state index is 11.0. The molecular weight excluding hydrogens is 352 g/mol. The molecule has 7 nitrogen and oxygen atoms in total. The van der Waals surface area contributed by atoms with Crippen LogP contribution in [-0.2, 0) is 6.67 Å². The predicted molar refractivity (Wildman–Crippen MR) is 102 cm³/mol. The highest BCUT2D eigenvalue weighted by Gasteiger charge is 2.19. The van der Waals surface area contributed by atoms with Crippen molar-refractivity contribution in [3.05, 3.63) is 63.5 Å². The molecule has 0 bridgehead atoms. The lowest BCUT2D eigenvalue weighted by Gasteiger charge is -2.36. The van der Waals surface area contributed by atoms with Gasteiger partial charge in [0.25, 0.3) is 10.5 Å². The molecule has 0 radical (unpaired) electrons. The summed E-state index contributed by atoms with van der Waals surface area (Å²) in [6.45, 7) is 4.19. The van der Waals surface area contributed by atoms with Gasteiger partial charge in [0.15, 0.2) is 5.58 Å². The van der Waals surface area contributed by atoms with E-state index in [9.17, 15) is 10.1 Å². The minimum atomic E-state index is -0.404. The number of nitrogens with zero attached hydrogens (tertiary/aromatic N) is 4. The number of oxazole rings is 1. The Labute approximate surface area is 155 Å². The number of fused-ring (bicyclic) bond motifs is 1. The van der Waals surface area contributed by atoms with Gasteiger partial charge in [-0.05, 0) is 30.4 Å². The highest BCUT2D eigenvalue weighted by molar-refractivity contribution is 7.71. The van der Waals surface area contributed by atoms with Crippen LogP contribution in [-0.4, -0.2) is 40.6 Å². The third-order valence-electron chi connectivity index (χ3n) is 4.70. The van der Waals surface area contributed by atoms with Gasteiger partial charge in [-0.15, -0.1) is 0 Å². The first-order chi connectivity index (χ1) is 12.6. The molecular formula is C18H18N4O3S. The van der Waals surface area contributed by atoms with Crippen LogP contribution in [0.4, 0.5) is 11.4 Å². The number of rotatable bonds is 4. The molecule has 1 saturated heterocycles. The van der Waals surface area contributed by atoms with Crippen LogP contribution in [0, 0.1) is 15.0 Å². The summed E-state index contributed by atoms with van der Waals surface area (Å²) < 4.78 is 7.41. The average molecular weight is 370 g/mol. The van der Waals surface area contributed by atoms with Gasteiger partial charge in [0.1, 0.15) is 0 Å². The zero-order chi connectivity index (χ0) is 18.1. The molecule has 1 aromatic heterocycles. The van der Waals surface area contributed by atoms with Crippen molar-refractivity contribution < 1.29 is 9.34 Å². The normalized spacial score (nSPS) is 15.5. The maximum absolute atomic E-state index is 11.0. The number of aromatic nitrogens is 1. The van der Waals surface area contributed by atoms with Crippen molar-refractivity contribution in [3.63, 3.8) is 0 Å². The monoisotopic (exact) mass is 370 g/mol. The Hall–Kier alpha value is -2.71. The van der Waals surface area contributed by atoms with E-state index in [0.29, 0.717) is 22.6 Å². The third kappa shape index (κ3) is 3.21. The summed E-state index contributed by atoms with van der Waals surface area (Å²) in [5.74, 6) is 0. The van der Waals surface area contributed by atoms with Gasteiger partial charge in [0.2, 0.25) is 0 Å². The Morgan fingerprint density at radius 1 is 1.08 bits per heavy atom.